The lowest BCUT2D eigenvalue weighted by molar-refractivity contribution is -0.0522. The monoisotopic (exact) mass is 567 g/mol. The van der Waals surface area contributed by atoms with E-state index in [1.807, 2.05) is 28.1 Å². The number of aliphatic hydroxyl groups excluding tert-OH is 1. The summed E-state index contributed by atoms with van der Waals surface area (Å²) in [5, 5.41) is 24.2. The highest BCUT2D eigenvalue weighted by atomic mass is 127. The van der Waals surface area contributed by atoms with E-state index >= 15 is 0 Å². The Morgan fingerprint density at radius 3 is 2.59 bits per heavy atom. The smallest absolute Gasteiger partial charge is 0.277 e. The first kappa shape index (κ1) is 25.8. The molecule has 0 saturated heterocycles. The summed E-state index contributed by atoms with van der Waals surface area (Å²) in [6.45, 7) is 2.06. The van der Waals surface area contributed by atoms with E-state index < -0.39 is 45.8 Å². The van der Waals surface area contributed by atoms with Gasteiger partial charge in [0, 0.05) is 9.13 Å². The molecule has 0 spiro atoms. The standard InChI is InChI=1S/C20H21F3IN3O5/c1-20(2,30)10-32-27-19(29)13-7-11(9-25-31-6-5-28)16(22)17(23)18(13)26-15-4-3-12(24)8-14(15)21/h3-4,7-9,26,28,30H,5-6,10H2,1-2H3,(H,27,29). The molecule has 32 heavy (non-hydrogen) atoms. The van der Waals surface area contributed by atoms with Crippen molar-refractivity contribution in [1.82, 2.24) is 5.48 Å². The number of carbonyl (C=O) groups excluding carboxylic acids is 1. The molecule has 0 aliphatic carbocycles. The van der Waals surface area contributed by atoms with Crippen LogP contribution in [0.5, 0.6) is 0 Å². The van der Waals surface area contributed by atoms with Crippen molar-refractivity contribution in [3.8, 4) is 0 Å². The van der Waals surface area contributed by atoms with Crippen LogP contribution in [0.1, 0.15) is 29.8 Å². The molecule has 174 valence electrons. The van der Waals surface area contributed by atoms with Gasteiger partial charge in [-0.3, -0.25) is 9.63 Å². The largest absolute Gasteiger partial charge is 0.393 e. The molecule has 0 atom stereocenters. The lowest BCUT2D eigenvalue weighted by atomic mass is 10.1. The molecule has 0 aliphatic heterocycles. The Hall–Kier alpha value is -2.42. The predicted octanol–water partition coefficient (Wildman–Crippen LogP) is 3.23. The molecule has 0 heterocycles. The normalized spacial score (nSPS) is 11.6. The van der Waals surface area contributed by atoms with Crippen LogP contribution in [-0.4, -0.2) is 47.8 Å². The van der Waals surface area contributed by atoms with Crippen LogP contribution in [0.4, 0.5) is 24.5 Å². The van der Waals surface area contributed by atoms with E-state index in [4.69, 9.17) is 9.94 Å². The second-order valence-corrected chi connectivity index (χ2v) is 8.33. The third kappa shape index (κ3) is 7.32. The first-order chi connectivity index (χ1) is 15.0. The molecule has 0 fully saturated rings. The SMILES string of the molecule is CC(C)(O)CONC(=O)c1cc(C=NOCCO)c(F)c(F)c1Nc1ccc(I)cc1F. The molecule has 0 radical (unpaired) electrons. The Kier molecular flexibility index (Phi) is 9.24. The summed E-state index contributed by atoms with van der Waals surface area (Å²) in [6, 6.07) is 4.97. The van der Waals surface area contributed by atoms with Crippen molar-refractivity contribution in [1.29, 1.82) is 0 Å². The number of benzene rings is 2. The van der Waals surface area contributed by atoms with E-state index in [0.717, 1.165) is 12.3 Å². The maximum absolute atomic E-state index is 14.9. The minimum absolute atomic E-state index is 0.176. The highest BCUT2D eigenvalue weighted by Crippen LogP contribution is 2.30. The summed E-state index contributed by atoms with van der Waals surface area (Å²) in [5.74, 6) is -4.58. The van der Waals surface area contributed by atoms with Crippen LogP contribution in [0.25, 0.3) is 0 Å². The number of hydrogen-bond acceptors (Lipinski definition) is 7. The summed E-state index contributed by atoms with van der Waals surface area (Å²) in [6.07, 6.45) is 0.817. The quantitative estimate of drug-likeness (QED) is 0.152. The summed E-state index contributed by atoms with van der Waals surface area (Å²) < 4.78 is 44.3. The molecule has 12 heteroatoms. The minimum Gasteiger partial charge on any atom is -0.393 e. The van der Waals surface area contributed by atoms with Crippen LogP contribution < -0.4 is 10.8 Å². The Labute approximate surface area is 195 Å². The van der Waals surface area contributed by atoms with Gasteiger partial charge in [-0.05, 0) is 60.7 Å². The Morgan fingerprint density at radius 2 is 1.97 bits per heavy atom. The van der Waals surface area contributed by atoms with Crippen molar-refractivity contribution in [3.05, 3.63) is 56.4 Å². The van der Waals surface area contributed by atoms with Crippen LogP contribution in [0.15, 0.2) is 29.4 Å². The number of hydroxylamine groups is 1. The van der Waals surface area contributed by atoms with Crippen molar-refractivity contribution >= 4 is 46.1 Å². The first-order valence-electron chi connectivity index (χ1n) is 9.18. The molecule has 2 aromatic rings. The molecule has 4 N–H and O–H groups in total. The third-order valence-corrected chi connectivity index (χ3v) is 4.38. The van der Waals surface area contributed by atoms with Gasteiger partial charge in [0.05, 0.1) is 35.4 Å². The van der Waals surface area contributed by atoms with Crippen molar-refractivity contribution in [2.75, 3.05) is 25.1 Å². The van der Waals surface area contributed by atoms with Gasteiger partial charge >= 0.3 is 0 Å². The zero-order chi connectivity index (χ0) is 23.9. The minimum atomic E-state index is -1.47. The molecular weight excluding hydrogens is 546 g/mol. The average Bonchev–Trinajstić information content (AvgIpc) is 2.70. The number of nitrogens with one attached hydrogen (secondary N) is 2. The van der Waals surface area contributed by atoms with E-state index in [0.29, 0.717) is 3.57 Å². The molecular formula is C20H21F3IN3O5. The van der Waals surface area contributed by atoms with Crippen LogP contribution in [0, 0.1) is 21.0 Å². The molecule has 2 rings (SSSR count). The van der Waals surface area contributed by atoms with Crippen molar-refractivity contribution in [2.24, 2.45) is 5.16 Å². The Bertz CT molecular complexity index is 999. The number of amides is 1. The predicted molar refractivity (Wildman–Crippen MR) is 119 cm³/mol. The topological polar surface area (TPSA) is 112 Å². The number of anilines is 2. The lowest BCUT2D eigenvalue weighted by Crippen LogP contribution is -2.33. The van der Waals surface area contributed by atoms with Crippen molar-refractivity contribution in [2.45, 2.75) is 19.4 Å². The maximum atomic E-state index is 14.9. The third-order valence-electron chi connectivity index (χ3n) is 3.71. The van der Waals surface area contributed by atoms with E-state index in [2.05, 4.69) is 15.3 Å². The number of nitrogens with zero attached hydrogens (tertiary/aromatic N) is 1. The van der Waals surface area contributed by atoms with Crippen LogP contribution >= 0.6 is 22.6 Å². The fourth-order valence-corrected chi connectivity index (χ4v) is 2.74. The molecule has 0 saturated carbocycles. The summed E-state index contributed by atoms with van der Waals surface area (Å²) >= 11 is 1.88. The van der Waals surface area contributed by atoms with Gasteiger partial charge in [0.2, 0.25) is 0 Å². The highest BCUT2D eigenvalue weighted by Gasteiger charge is 2.24. The van der Waals surface area contributed by atoms with E-state index in [9.17, 15) is 23.1 Å². The number of rotatable bonds is 10. The van der Waals surface area contributed by atoms with Gasteiger partial charge in [-0.15, -0.1) is 0 Å². The molecule has 0 aliphatic rings. The van der Waals surface area contributed by atoms with Crippen molar-refractivity contribution < 1.29 is 37.9 Å². The van der Waals surface area contributed by atoms with Gasteiger partial charge in [-0.2, -0.15) is 0 Å². The highest BCUT2D eigenvalue weighted by molar-refractivity contribution is 14.1. The zero-order valence-corrected chi connectivity index (χ0v) is 19.2. The van der Waals surface area contributed by atoms with Gasteiger partial charge in [-0.25, -0.2) is 18.7 Å². The van der Waals surface area contributed by atoms with Gasteiger partial charge < -0.3 is 20.4 Å². The van der Waals surface area contributed by atoms with E-state index in [1.165, 1.54) is 32.0 Å². The van der Waals surface area contributed by atoms with Gasteiger partial charge in [0.15, 0.2) is 11.6 Å². The van der Waals surface area contributed by atoms with Gasteiger partial charge in [-0.1, -0.05) is 5.16 Å². The molecule has 1 amide bonds. The number of carbonyl (C=O) groups is 1. The summed E-state index contributed by atoms with van der Waals surface area (Å²) in [7, 11) is 0. The zero-order valence-electron chi connectivity index (χ0n) is 17.1. The van der Waals surface area contributed by atoms with Crippen LogP contribution in [0.3, 0.4) is 0 Å². The Morgan fingerprint density at radius 1 is 1.25 bits per heavy atom. The number of oxime groups is 1. The first-order valence-corrected chi connectivity index (χ1v) is 10.3. The fourth-order valence-electron chi connectivity index (χ4n) is 2.29. The second-order valence-electron chi connectivity index (χ2n) is 7.09. The maximum Gasteiger partial charge on any atom is 0.277 e. The summed E-state index contributed by atoms with van der Waals surface area (Å²) in [4.78, 5) is 22.2. The van der Waals surface area contributed by atoms with E-state index in [1.54, 1.807) is 0 Å². The van der Waals surface area contributed by atoms with Gasteiger partial charge in [0.25, 0.3) is 5.91 Å². The molecule has 8 nitrogen and oxygen atoms in total. The number of halogens is 4. The number of hydrogen-bond donors (Lipinski definition) is 4. The average molecular weight is 567 g/mol. The van der Waals surface area contributed by atoms with Crippen LogP contribution in [0.2, 0.25) is 0 Å². The lowest BCUT2D eigenvalue weighted by Gasteiger charge is -2.18. The van der Waals surface area contributed by atoms with E-state index in [-0.39, 0.29) is 25.5 Å². The second kappa shape index (κ2) is 11.4. The Balaban J connectivity index is 2.45. The van der Waals surface area contributed by atoms with Gasteiger partial charge in [0.1, 0.15) is 19.0 Å². The molecule has 0 aromatic heterocycles. The molecule has 0 unspecified atom stereocenters. The summed E-state index contributed by atoms with van der Waals surface area (Å²) in [5.41, 5.74) is -0.948. The number of aliphatic hydroxyl groups is 2. The fraction of sp³-hybridized carbons (Fsp3) is 0.300. The molecule has 0 bridgehead atoms. The van der Waals surface area contributed by atoms with Crippen LogP contribution in [-0.2, 0) is 9.68 Å². The molecule has 2 aromatic carbocycles. The van der Waals surface area contributed by atoms with Crippen molar-refractivity contribution in [3.63, 3.8) is 0 Å².